The number of ether oxygens (including phenoxy) is 1. The number of hydrogen-bond donors (Lipinski definition) is 1. The number of hydrogen-bond acceptors (Lipinski definition) is 3. The summed E-state index contributed by atoms with van der Waals surface area (Å²) in [7, 11) is 0. The standard InChI is InChI=1S/C16H30N2O2/c1-11-6-5-7-15(14(11)4)17-16(19)10-18-8-12(2)20-13(3)9-18/h11-15H,5-10H2,1-4H3,(H,17,19)/t11-,12-,13+,14+,15+/m0/s1. The molecule has 0 unspecified atom stereocenters. The monoisotopic (exact) mass is 282 g/mol. The van der Waals surface area contributed by atoms with Gasteiger partial charge >= 0.3 is 0 Å². The number of morpholine rings is 1. The molecule has 2 rings (SSSR count). The Labute approximate surface area is 123 Å². The molecule has 1 aliphatic heterocycles. The van der Waals surface area contributed by atoms with Gasteiger partial charge in [-0.2, -0.15) is 0 Å². The lowest BCUT2D eigenvalue weighted by Crippen LogP contribution is -2.51. The first kappa shape index (κ1) is 15.8. The third kappa shape index (κ3) is 4.19. The molecule has 116 valence electrons. The first-order chi connectivity index (χ1) is 9.45. The van der Waals surface area contributed by atoms with Gasteiger partial charge in [0.05, 0.1) is 18.8 Å². The van der Waals surface area contributed by atoms with Crippen LogP contribution in [-0.4, -0.2) is 48.7 Å². The summed E-state index contributed by atoms with van der Waals surface area (Å²) in [6.07, 6.45) is 4.11. The lowest BCUT2D eigenvalue weighted by atomic mass is 9.78. The average Bonchev–Trinajstić information content (AvgIpc) is 2.33. The predicted molar refractivity (Wildman–Crippen MR) is 80.6 cm³/mol. The maximum Gasteiger partial charge on any atom is 0.234 e. The highest BCUT2D eigenvalue weighted by Gasteiger charge is 2.29. The maximum absolute atomic E-state index is 12.3. The number of nitrogens with one attached hydrogen (secondary N) is 1. The molecule has 0 aromatic carbocycles. The van der Waals surface area contributed by atoms with Crippen LogP contribution in [0.3, 0.4) is 0 Å². The average molecular weight is 282 g/mol. The van der Waals surface area contributed by atoms with E-state index in [9.17, 15) is 4.79 Å². The molecule has 4 nitrogen and oxygen atoms in total. The molecular formula is C16H30N2O2. The Morgan fingerprint density at radius 3 is 2.45 bits per heavy atom. The molecule has 5 atom stereocenters. The third-order valence-electron chi connectivity index (χ3n) is 4.92. The number of carbonyl (C=O) groups is 1. The molecule has 0 spiro atoms. The summed E-state index contributed by atoms with van der Waals surface area (Å²) in [5.41, 5.74) is 0. The van der Waals surface area contributed by atoms with Crippen LogP contribution in [-0.2, 0) is 9.53 Å². The number of carbonyl (C=O) groups excluding carboxylic acids is 1. The van der Waals surface area contributed by atoms with Gasteiger partial charge in [-0.3, -0.25) is 9.69 Å². The Bertz CT molecular complexity index is 324. The molecule has 0 bridgehead atoms. The zero-order valence-corrected chi connectivity index (χ0v) is 13.4. The minimum absolute atomic E-state index is 0.178. The van der Waals surface area contributed by atoms with Crippen molar-refractivity contribution in [2.45, 2.75) is 65.2 Å². The van der Waals surface area contributed by atoms with Crippen LogP contribution in [0.2, 0.25) is 0 Å². The lowest BCUT2D eigenvalue weighted by molar-refractivity contribution is -0.127. The number of nitrogens with zero attached hydrogens (tertiary/aromatic N) is 1. The summed E-state index contributed by atoms with van der Waals surface area (Å²) < 4.78 is 5.71. The summed E-state index contributed by atoms with van der Waals surface area (Å²) in [6, 6.07) is 0.363. The summed E-state index contributed by atoms with van der Waals surface area (Å²) in [6.45, 7) is 10.9. The van der Waals surface area contributed by atoms with Gasteiger partial charge in [0, 0.05) is 19.1 Å². The van der Waals surface area contributed by atoms with Crippen molar-refractivity contribution in [3.05, 3.63) is 0 Å². The first-order valence-electron chi connectivity index (χ1n) is 8.13. The van der Waals surface area contributed by atoms with Gasteiger partial charge in [0.25, 0.3) is 0 Å². The van der Waals surface area contributed by atoms with Crippen molar-refractivity contribution in [1.29, 1.82) is 0 Å². The molecule has 1 saturated carbocycles. The summed E-state index contributed by atoms with van der Waals surface area (Å²) >= 11 is 0. The zero-order chi connectivity index (χ0) is 14.7. The number of amides is 1. The molecule has 1 N–H and O–H groups in total. The summed E-state index contributed by atoms with van der Waals surface area (Å²) in [5.74, 6) is 1.49. The molecule has 2 aliphatic rings. The van der Waals surface area contributed by atoms with E-state index < -0.39 is 0 Å². The first-order valence-corrected chi connectivity index (χ1v) is 8.13. The Balaban J connectivity index is 1.80. The minimum atomic E-state index is 0.178. The molecule has 20 heavy (non-hydrogen) atoms. The molecule has 0 radical (unpaired) electrons. The molecule has 2 fully saturated rings. The van der Waals surface area contributed by atoms with Gasteiger partial charge < -0.3 is 10.1 Å². The second kappa shape index (κ2) is 6.90. The second-order valence-corrected chi connectivity index (χ2v) is 6.89. The fourth-order valence-electron chi connectivity index (χ4n) is 3.65. The van der Waals surface area contributed by atoms with Gasteiger partial charge in [-0.15, -0.1) is 0 Å². The van der Waals surface area contributed by atoms with E-state index in [2.05, 4.69) is 37.9 Å². The van der Waals surface area contributed by atoms with Crippen LogP contribution in [0.1, 0.15) is 47.0 Å². The van der Waals surface area contributed by atoms with Crippen molar-refractivity contribution in [1.82, 2.24) is 10.2 Å². The van der Waals surface area contributed by atoms with E-state index >= 15 is 0 Å². The molecule has 1 aliphatic carbocycles. The molecule has 1 saturated heterocycles. The SMILES string of the molecule is C[C@@H]1[C@@H](C)CCC[C@H]1NC(=O)CN1C[C@@H](C)O[C@@H](C)C1. The highest BCUT2D eigenvalue weighted by molar-refractivity contribution is 5.78. The van der Waals surface area contributed by atoms with Gasteiger partial charge in [0.15, 0.2) is 0 Å². The number of rotatable bonds is 3. The van der Waals surface area contributed by atoms with E-state index in [-0.39, 0.29) is 18.1 Å². The van der Waals surface area contributed by atoms with Crippen molar-refractivity contribution in [2.24, 2.45) is 11.8 Å². The van der Waals surface area contributed by atoms with Crippen molar-refractivity contribution >= 4 is 5.91 Å². The smallest absolute Gasteiger partial charge is 0.234 e. The topological polar surface area (TPSA) is 41.6 Å². The molecular weight excluding hydrogens is 252 g/mol. The fraction of sp³-hybridized carbons (Fsp3) is 0.938. The molecule has 1 amide bonds. The van der Waals surface area contributed by atoms with Crippen LogP contribution in [0.15, 0.2) is 0 Å². The van der Waals surface area contributed by atoms with E-state index in [0.717, 1.165) is 25.4 Å². The second-order valence-electron chi connectivity index (χ2n) is 6.89. The lowest BCUT2D eigenvalue weighted by Gasteiger charge is -2.37. The van der Waals surface area contributed by atoms with Crippen molar-refractivity contribution in [2.75, 3.05) is 19.6 Å². The van der Waals surface area contributed by atoms with E-state index in [1.54, 1.807) is 0 Å². The molecule has 0 aromatic rings. The Morgan fingerprint density at radius 1 is 1.15 bits per heavy atom. The Kier molecular flexibility index (Phi) is 5.44. The van der Waals surface area contributed by atoms with Gasteiger partial charge in [-0.05, 0) is 32.1 Å². The van der Waals surface area contributed by atoms with E-state index in [1.165, 1.54) is 12.8 Å². The maximum atomic E-state index is 12.3. The predicted octanol–water partition coefficient (Wildman–Crippen LogP) is 2.04. The van der Waals surface area contributed by atoms with Crippen LogP contribution in [0, 0.1) is 11.8 Å². The Hall–Kier alpha value is -0.610. The molecule has 0 aromatic heterocycles. The van der Waals surface area contributed by atoms with Crippen LogP contribution in [0.25, 0.3) is 0 Å². The van der Waals surface area contributed by atoms with Gasteiger partial charge in [-0.25, -0.2) is 0 Å². The highest BCUT2D eigenvalue weighted by Crippen LogP contribution is 2.29. The van der Waals surface area contributed by atoms with Crippen molar-refractivity contribution in [3.8, 4) is 0 Å². The van der Waals surface area contributed by atoms with Crippen LogP contribution in [0.4, 0.5) is 0 Å². The van der Waals surface area contributed by atoms with Crippen LogP contribution >= 0.6 is 0 Å². The van der Waals surface area contributed by atoms with Crippen molar-refractivity contribution < 1.29 is 9.53 Å². The van der Waals surface area contributed by atoms with Gasteiger partial charge in [-0.1, -0.05) is 26.7 Å². The minimum Gasteiger partial charge on any atom is -0.373 e. The largest absolute Gasteiger partial charge is 0.373 e. The molecule has 4 heteroatoms. The van der Waals surface area contributed by atoms with Gasteiger partial charge in [0.2, 0.25) is 5.91 Å². The van der Waals surface area contributed by atoms with E-state index in [0.29, 0.717) is 18.5 Å². The Morgan fingerprint density at radius 2 is 1.80 bits per heavy atom. The quantitative estimate of drug-likeness (QED) is 0.861. The normalized spacial score (nSPS) is 39.5. The van der Waals surface area contributed by atoms with Gasteiger partial charge in [0.1, 0.15) is 0 Å². The third-order valence-corrected chi connectivity index (χ3v) is 4.92. The molecule has 1 heterocycles. The van der Waals surface area contributed by atoms with Crippen molar-refractivity contribution in [3.63, 3.8) is 0 Å². The summed E-state index contributed by atoms with van der Waals surface area (Å²) in [4.78, 5) is 14.5. The van der Waals surface area contributed by atoms with E-state index in [1.807, 2.05) is 0 Å². The fourth-order valence-corrected chi connectivity index (χ4v) is 3.65. The zero-order valence-electron chi connectivity index (χ0n) is 13.4. The highest BCUT2D eigenvalue weighted by atomic mass is 16.5. The van der Waals surface area contributed by atoms with Crippen LogP contribution < -0.4 is 5.32 Å². The summed E-state index contributed by atoms with van der Waals surface area (Å²) in [5, 5.41) is 3.25. The van der Waals surface area contributed by atoms with E-state index in [4.69, 9.17) is 4.74 Å². The van der Waals surface area contributed by atoms with Crippen LogP contribution in [0.5, 0.6) is 0 Å².